The Bertz CT molecular complexity index is 808. The van der Waals surface area contributed by atoms with Crippen LogP contribution in [0, 0.1) is 0 Å². The SMILES string of the molecule is CO.Nc1ccc(-c2nc3cc(OCSCO)ccc3o2)cc1.OCCCCS. The summed E-state index contributed by atoms with van der Waals surface area (Å²) >= 11 is 5.23. The molecule has 3 rings (SSSR count). The summed E-state index contributed by atoms with van der Waals surface area (Å²) in [5.74, 6) is 2.56. The Morgan fingerprint density at radius 2 is 1.83 bits per heavy atom. The molecule has 0 bridgehead atoms. The first-order valence-corrected chi connectivity index (χ1v) is 10.7. The van der Waals surface area contributed by atoms with Crippen molar-refractivity contribution in [3.63, 3.8) is 0 Å². The third-order valence-corrected chi connectivity index (χ3v) is 4.27. The Morgan fingerprint density at radius 3 is 2.41 bits per heavy atom. The van der Waals surface area contributed by atoms with E-state index in [2.05, 4.69) is 17.6 Å². The number of nitrogen functional groups attached to an aromatic ring is 1. The lowest BCUT2D eigenvalue weighted by molar-refractivity contribution is 0.287. The molecule has 29 heavy (non-hydrogen) atoms. The van der Waals surface area contributed by atoms with Crippen molar-refractivity contribution >= 4 is 41.2 Å². The number of fused-ring (bicyclic) bond motifs is 1. The third-order valence-electron chi connectivity index (χ3n) is 3.48. The minimum Gasteiger partial charge on any atom is -0.483 e. The van der Waals surface area contributed by atoms with Crippen LogP contribution in [0.15, 0.2) is 46.9 Å². The van der Waals surface area contributed by atoms with Crippen molar-refractivity contribution in [3.8, 4) is 17.2 Å². The smallest absolute Gasteiger partial charge is 0.227 e. The number of aromatic nitrogens is 1. The predicted octanol–water partition coefficient (Wildman–Crippen LogP) is 3.39. The number of nitrogens with two attached hydrogens (primary N) is 1. The minimum absolute atomic E-state index is 0.0352. The molecule has 0 radical (unpaired) electrons. The second kappa shape index (κ2) is 15.0. The zero-order valence-electron chi connectivity index (χ0n) is 16.3. The Balaban J connectivity index is 0.000000454. The van der Waals surface area contributed by atoms with Gasteiger partial charge in [0.15, 0.2) is 5.58 Å². The number of rotatable bonds is 8. The number of thiol groups is 1. The number of unbranched alkanes of at least 4 members (excludes halogenated alkanes) is 1. The average molecular weight is 441 g/mol. The molecule has 0 aliphatic heterocycles. The van der Waals surface area contributed by atoms with Crippen LogP contribution in [0.3, 0.4) is 0 Å². The fraction of sp³-hybridized carbons (Fsp3) is 0.350. The van der Waals surface area contributed by atoms with E-state index in [-0.39, 0.29) is 5.94 Å². The fourth-order valence-electron chi connectivity index (χ4n) is 2.12. The van der Waals surface area contributed by atoms with Crippen molar-refractivity contribution < 1.29 is 24.5 Å². The largest absolute Gasteiger partial charge is 0.483 e. The highest BCUT2D eigenvalue weighted by atomic mass is 32.2. The Labute approximate surface area is 180 Å². The van der Waals surface area contributed by atoms with Gasteiger partial charge in [0.25, 0.3) is 0 Å². The van der Waals surface area contributed by atoms with Crippen molar-refractivity contribution in [1.29, 1.82) is 0 Å². The van der Waals surface area contributed by atoms with Crippen LogP contribution in [0.25, 0.3) is 22.6 Å². The molecule has 160 valence electrons. The van der Waals surface area contributed by atoms with E-state index in [0.717, 1.165) is 36.8 Å². The second-order valence-corrected chi connectivity index (χ2v) is 6.87. The molecule has 0 fully saturated rings. The molecule has 2 aromatic carbocycles. The van der Waals surface area contributed by atoms with Crippen LogP contribution < -0.4 is 10.5 Å². The van der Waals surface area contributed by atoms with Crippen LogP contribution in [0.4, 0.5) is 5.69 Å². The first kappa shape index (κ1) is 25.1. The zero-order valence-corrected chi connectivity index (χ0v) is 18.0. The van der Waals surface area contributed by atoms with Gasteiger partial charge in [0.05, 0.1) is 5.94 Å². The molecule has 0 aliphatic rings. The number of aliphatic hydroxyl groups is 3. The molecule has 0 saturated heterocycles. The lowest BCUT2D eigenvalue weighted by atomic mass is 10.2. The van der Waals surface area contributed by atoms with E-state index in [1.165, 1.54) is 11.8 Å². The lowest BCUT2D eigenvalue weighted by Crippen LogP contribution is -1.93. The van der Waals surface area contributed by atoms with E-state index >= 15 is 0 Å². The highest BCUT2D eigenvalue weighted by Crippen LogP contribution is 2.27. The summed E-state index contributed by atoms with van der Waals surface area (Å²) in [6.07, 6.45) is 1.92. The minimum atomic E-state index is 0.0352. The summed E-state index contributed by atoms with van der Waals surface area (Å²) in [5.41, 5.74) is 8.67. The second-order valence-electron chi connectivity index (χ2n) is 5.52. The van der Waals surface area contributed by atoms with Gasteiger partial charge in [-0.05, 0) is 55.0 Å². The van der Waals surface area contributed by atoms with Crippen molar-refractivity contribution in [2.45, 2.75) is 12.8 Å². The summed E-state index contributed by atoms with van der Waals surface area (Å²) in [6, 6.07) is 12.8. The highest BCUT2D eigenvalue weighted by molar-refractivity contribution is 7.98. The number of benzene rings is 2. The van der Waals surface area contributed by atoms with E-state index in [1.54, 1.807) is 0 Å². The Hall–Kier alpha value is -1.91. The molecule has 7 nitrogen and oxygen atoms in total. The van der Waals surface area contributed by atoms with Gasteiger partial charge in [0, 0.05) is 31.0 Å². The number of oxazole rings is 1. The van der Waals surface area contributed by atoms with Gasteiger partial charge in [-0.15, -0.1) is 0 Å². The number of hydrogen-bond acceptors (Lipinski definition) is 9. The maximum Gasteiger partial charge on any atom is 0.227 e. The molecule has 1 aromatic heterocycles. The maximum absolute atomic E-state index is 8.71. The summed E-state index contributed by atoms with van der Waals surface area (Å²) < 4.78 is 11.2. The first-order chi connectivity index (χ1) is 14.2. The molecule has 0 unspecified atom stereocenters. The molecule has 0 aliphatic carbocycles. The van der Waals surface area contributed by atoms with Crippen LogP contribution in [0.1, 0.15) is 12.8 Å². The molecular weight excluding hydrogens is 412 g/mol. The molecule has 9 heteroatoms. The van der Waals surface area contributed by atoms with E-state index in [4.69, 9.17) is 30.2 Å². The van der Waals surface area contributed by atoms with Crippen molar-refractivity contribution in [2.24, 2.45) is 0 Å². The lowest BCUT2D eigenvalue weighted by Gasteiger charge is -2.03. The van der Waals surface area contributed by atoms with Gasteiger partial charge >= 0.3 is 0 Å². The predicted molar refractivity (Wildman–Crippen MR) is 122 cm³/mol. The van der Waals surface area contributed by atoms with E-state index < -0.39 is 0 Å². The van der Waals surface area contributed by atoms with E-state index in [1.807, 2.05) is 42.5 Å². The van der Waals surface area contributed by atoms with Gasteiger partial charge in [-0.2, -0.15) is 12.6 Å². The molecule has 0 saturated carbocycles. The normalized spacial score (nSPS) is 9.97. The van der Waals surface area contributed by atoms with Gasteiger partial charge in [-0.3, -0.25) is 0 Å². The zero-order chi connectivity index (χ0) is 21.5. The highest BCUT2D eigenvalue weighted by Gasteiger charge is 2.09. The summed E-state index contributed by atoms with van der Waals surface area (Å²) in [4.78, 5) is 4.46. The van der Waals surface area contributed by atoms with Crippen LogP contribution in [0.5, 0.6) is 5.75 Å². The van der Waals surface area contributed by atoms with Crippen molar-refractivity contribution in [3.05, 3.63) is 42.5 Å². The number of anilines is 1. The Morgan fingerprint density at radius 1 is 1.10 bits per heavy atom. The molecule has 1 heterocycles. The average Bonchev–Trinajstić information content (AvgIpc) is 3.18. The van der Waals surface area contributed by atoms with Crippen molar-refractivity contribution in [2.75, 3.05) is 37.1 Å². The molecule has 0 amide bonds. The third kappa shape index (κ3) is 8.97. The van der Waals surface area contributed by atoms with E-state index in [0.29, 0.717) is 35.5 Å². The number of hydrogen-bond donors (Lipinski definition) is 5. The topological polar surface area (TPSA) is 122 Å². The molecule has 0 spiro atoms. The van der Waals surface area contributed by atoms with Crippen LogP contribution in [0.2, 0.25) is 0 Å². The van der Waals surface area contributed by atoms with Crippen molar-refractivity contribution in [1.82, 2.24) is 4.98 Å². The molecular formula is C20H28N2O5S2. The summed E-state index contributed by atoms with van der Waals surface area (Å²) in [7, 11) is 1.00. The number of nitrogens with zero attached hydrogens (tertiary/aromatic N) is 1. The van der Waals surface area contributed by atoms with E-state index in [9.17, 15) is 0 Å². The number of aliphatic hydroxyl groups excluding tert-OH is 3. The van der Waals surface area contributed by atoms with Gasteiger partial charge in [0.2, 0.25) is 5.89 Å². The number of thioether (sulfide) groups is 1. The van der Waals surface area contributed by atoms with Gasteiger partial charge in [-0.1, -0.05) is 11.8 Å². The molecule has 5 N–H and O–H groups in total. The first-order valence-electron chi connectivity index (χ1n) is 8.92. The molecule has 3 aromatic rings. The standard InChI is InChI=1S/C15H14N2O3S.C4H10OS.CH4O/c16-11-3-1-10(2-4-11)15-17-13-7-12(19-9-21-8-18)5-6-14(13)20-15;5-3-1-2-4-6;1-2/h1-7,18H,8-9,16H2;5-6H,1-4H2;2H,1H3. The fourth-order valence-corrected chi connectivity index (χ4v) is 2.63. The van der Waals surface area contributed by atoms with Gasteiger partial charge in [0.1, 0.15) is 17.2 Å². The monoisotopic (exact) mass is 440 g/mol. The molecule has 0 atom stereocenters. The van der Waals surface area contributed by atoms with Crippen LogP contribution in [-0.4, -0.2) is 51.7 Å². The summed E-state index contributed by atoms with van der Waals surface area (Å²) in [6.45, 7) is 0.306. The van der Waals surface area contributed by atoms with Crippen LogP contribution >= 0.6 is 24.4 Å². The quantitative estimate of drug-likeness (QED) is 0.156. The maximum atomic E-state index is 8.71. The van der Waals surface area contributed by atoms with Gasteiger partial charge < -0.3 is 30.2 Å². The Kier molecular flexibility index (Phi) is 13.0. The van der Waals surface area contributed by atoms with Gasteiger partial charge in [-0.25, -0.2) is 4.98 Å². The summed E-state index contributed by atoms with van der Waals surface area (Å²) in [5, 5.41) is 23.9. The number of ether oxygens (including phenoxy) is 1. The van der Waals surface area contributed by atoms with Crippen LogP contribution in [-0.2, 0) is 0 Å².